The van der Waals surface area contributed by atoms with Crippen molar-refractivity contribution in [1.29, 1.82) is 0 Å². The number of hydrogen-bond acceptors (Lipinski definition) is 13. The van der Waals surface area contributed by atoms with E-state index < -0.39 is 108 Å². The quantitative estimate of drug-likeness (QED) is 0.0638. The summed E-state index contributed by atoms with van der Waals surface area (Å²) in [6, 6.07) is 4.64. The maximum atomic E-state index is 14.6. The molecule has 19 nitrogen and oxygen atoms in total. The van der Waals surface area contributed by atoms with Gasteiger partial charge in [-0.25, -0.2) is 0 Å². The largest absolute Gasteiger partial charge is 0.370 e. The molecule has 70 heavy (non-hydrogen) atoms. The molecule has 384 valence electrons. The summed E-state index contributed by atoms with van der Waals surface area (Å²) in [7, 11) is 0. The number of rotatable bonds is 17. The first-order chi connectivity index (χ1) is 33.4. The fraction of sp³-hybridized carbons (Fsp3) is 0.574. The number of nitrogens with one attached hydrogen (secondary N) is 5. The standard InChI is InChI=1S/C47H67ClN10O9S3/c1-4-15-52-42(63)34(10-5-16-53-47(50)51)54-44(65)37-25-69-26-58(37)46(67)30-21-38(60)35(23-39(49)61)55-45(66)40(27(2)3)57-43(64)36(22-33-9-7-18-70-33)56-41(62)29(19-28-11-13-31(48)14-12-28)20-32(59)8-6-17-68-24-30/h7,9,11-14,18,27,29-30,34-37,40H,4-6,8,10,15-17,19-26H2,1-3H3,(H2,49,61)(H,52,63)(H,54,65)(H,55,66)(H,56,62)(H,57,64)(H4,50,51,53)/t29-,30+,34-,35+,36+,37+,40+/m1/s1. The molecule has 0 aliphatic carbocycles. The number of amides is 7. The third-order valence-electron chi connectivity index (χ3n) is 11.7. The zero-order valence-electron chi connectivity index (χ0n) is 39.9. The monoisotopic (exact) mass is 1050 g/mol. The van der Waals surface area contributed by atoms with Crippen molar-refractivity contribution in [2.24, 2.45) is 39.9 Å². The summed E-state index contributed by atoms with van der Waals surface area (Å²) < 4.78 is 0. The van der Waals surface area contributed by atoms with E-state index in [-0.39, 0.29) is 67.8 Å². The molecule has 11 N–H and O–H groups in total. The van der Waals surface area contributed by atoms with Gasteiger partial charge >= 0.3 is 0 Å². The molecular formula is C47H67ClN10O9S3. The molecule has 1 aromatic heterocycles. The Kier molecular flexibility index (Phi) is 24.0. The number of thioether (sulfide) groups is 2. The molecule has 0 saturated carbocycles. The number of nitrogens with two attached hydrogens (primary N) is 3. The second-order valence-electron chi connectivity index (χ2n) is 17.7. The van der Waals surface area contributed by atoms with Crippen molar-refractivity contribution < 1.29 is 43.2 Å². The predicted octanol–water partition coefficient (Wildman–Crippen LogP) is 1.82. The van der Waals surface area contributed by atoms with Crippen LogP contribution in [0.5, 0.6) is 0 Å². The highest BCUT2D eigenvalue weighted by Gasteiger charge is 2.41. The van der Waals surface area contributed by atoms with E-state index in [0.717, 1.165) is 10.4 Å². The Bertz CT molecular complexity index is 2160. The zero-order chi connectivity index (χ0) is 51.3. The summed E-state index contributed by atoms with van der Waals surface area (Å²) in [6.07, 6.45) is 0.766. The van der Waals surface area contributed by atoms with E-state index in [1.54, 1.807) is 44.2 Å². The summed E-state index contributed by atoms with van der Waals surface area (Å²) in [6.45, 7) is 5.85. The second-order valence-corrected chi connectivity index (χ2v) is 21.4. The summed E-state index contributed by atoms with van der Waals surface area (Å²) in [5.41, 5.74) is 17.3. The minimum Gasteiger partial charge on any atom is -0.370 e. The van der Waals surface area contributed by atoms with Gasteiger partial charge in [0.25, 0.3) is 0 Å². The first kappa shape index (κ1) is 57.4. The topological polar surface area (TPSA) is 307 Å². The number of nitrogens with zero attached hydrogens (tertiary/aromatic N) is 2. The van der Waals surface area contributed by atoms with E-state index in [4.69, 9.17) is 28.8 Å². The lowest BCUT2D eigenvalue weighted by atomic mass is 9.91. The van der Waals surface area contributed by atoms with Crippen LogP contribution in [0.4, 0.5) is 0 Å². The van der Waals surface area contributed by atoms with E-state index in [2.05, 4.69) is 31.6 Å². The number of benzene rings is 1. The highest BCUT2D eigenvalue weighted by Crippen LogP contribution is 2.28. The molecule has 4 rings (SSSR count). The van der Waals surface area contributed by atoms with Gasteiger partial charge in [-0.3, -0.25) is 48.1 Å². The highest BCUT2D eigenvalue weighted by molar-refractivity contribution is 7.99. The number of halogens is 1. The van der Waals surface area contributed by atoms with Crippen molar-refractivity contribution in [1.82, 2.24) is 31.5 Å². The van der Waals surface area contributed by atoms with Gasteiger partial charge in [0, 0.05) is 66.1 Å². The smallest absolute Gasteiger partial charge is 0.244 e. The Hall–Kier alpha value is -5.19. The van der Waals surface area contributed by atoms with Gasteiger partial charge in [-0.15, -0.1) is 23.1 Å². The zero-order valence-corrected chi connectivity index (χ0v) is 43.1. The van der Waals surface area contributed by atoms with Gasteiger partial charge in [-0.05, 0) is 72.9 Å². The van der Waals surface area contributed by atoms with Gasteiger partial charge in [0.15, 0.2) is 11.7 Å². The molecule has 23 heteroatoms. The van der Waals surface area contributed by atoms with Gasteiger partial charge in [0.1, 0.15) is 30.0 Å². The molecule has 2 aliphatic rings. The van der Waals surface area contributed by atoms with Gasteiger partial charge in [0.05, 0.1) is 24.3 Å². The maximum Gasteiger partial charge on any atom is 0.244 e. The number of ketones is 2. The lowest BCUT2D eigenvalue weighted by Crippen LogP contribution is -2.58. The van der Waals surface area contributed by atoms with E-state index >= 15 is 0 Å². The van der Waals surface area contributed by atoms with Crippen molar-refractivity contribution in [3.8, 4) is 0 Å². The molecule has 1 aromatic carbocycles. The molecule has 0 unspecified atom stereocenters. The van der Waals surface area contributed by atoms with Gasteiger partial charge in [-0.2, -0.15) is 11.8 Å². The average molecular weight is 1050 g/mol. The van der Waals surface area contributed by atoms with Gasteiger partial charge < -0.3 is 48.7 Å². The molecule has 2 aromatic rings. The molecule has 0 radical (unpaired) electrons. The van der Waals surface area contributed by atoms with E-state index in [9.17, 15) is 43.2 Å². The van der Waals surface area contributed by atoms with Gasteiger partial charge in [0.2, 0.25) is 41.4 Å². The fourth-order valence-corrected chi connectivity index (χ4v) is 11.0. The number of carbonyl (C=O) groups is 9. The van der Waals surface area contributed by atoms with E-state index in [1.165, 1.54) is 39.8 Å². The molecule has 0 spiro atoms. The van der Waals surface area contributed by atoms with Crippen LogP contribution in [0.25, 0.3) is 0 Å². The number of guanidine groups is 1. The Morgan fingerprint density at radius 2 is 1.63 bits per heavy atom. The van der Waals surface area contributed by atoms with Crippen molar-refractivity contribution >= 4 is 105 Å². The second kappa shape index (κ2) is 29.2. The first-order valence-electron chi connectivity index (χ1n) is 23.5. The van der Waals surface area contributed by atoms with Crippen molar-refractivity contribution in [2.45, 2.75) is 115 Å². The third kappa shape index (κ3) is 18.9. The number of primary amides is 1. The Balaban J connectivity index is 1.65. The summed E-state index contributed by atoms with van der Waals surface area (Å²) in [5.74, 6) is -7.15. The van der Waals surface area contributed by atoms with Crippen LogP contribution < -0.4 is 43.8 Å². The number of hydrogen-bond donors (Lipinski definition) is 8. The lowest BCUT2D eigenvalue weighted by molar-refractivity contribution is -0.143. The van der Waals surface area contributed by atoms with E-state index in [1.807, 2.05) is 18.4 Å². The number of Topliss-reactive ketones (excluding diaryl/α,β-unsaturated/α-hetero) is 2. The summed E-state index contributed by atoms with van der Waals surface area (Å²) in [4.78, 5) is 131. The van der Waals surface area contributed by atoms with Crippen LogP contribution in [-0.2, 0) is 56.0 Å². The Morgan fingerprint density at radius 3 is 2.29 bits per heavy atom. The summed E-state index contributed by atoms with van der Waals surface area (Å²) in [5, 5.41) is 16.2. The molecule has 2 saturated heterocycles. The minimum atomic E-state index is -1.49. The first-order valence-corrected chi connectivity index (χ1v) is 27.0. The van der Waals surface area contributed by atoms with Crippen molar-refractivity contribution in [3.63, 3.8) is 0 Å². The van der Waals surface area contributed by atoms with Crippen LogP contribution in [0, 0.1) is 17.8 Å². The van der Waals surface area contributed by atoms with Crippen LogP contribution in [0.3, 0.4) is 0 Å². The van der Waals surface area contributed by atoms with Crippen LogP contribution in [0.1, 0.15) is 82.6 Å². The molecular weight excluding hydrogens is 980 g/mol. The van der Waals surface area contributed by atoms with Crippen LogP contribution in [0.2, 0.25) is 5.02 Å². The SMILES string of the molecule is CCCNC(=O)[C@@H](CCCN=C(N)N)NC(=O)[C@@H]1CSCN1C(=O)[C@@H]1CSCCCC(=O)C[C@@H](Cc2ccc(Cl)cc2)C(=O)N[C@@H](Cc2cccs2)C(=O)N[C@@H](C(C)C)C(=O)N[C@@H](CC(N)=O)C(=O)C1. The normalized spacial score (nSPS) is 22.8. The number of aliphatic imine (C=N–C) groups is 1. The molecule has 7 atom stereocenters. The number of thiophene rings is 1. The van der Waals surface area contributed by atoms with E-state index in [0.29, 0.717) is 36.6 Å². The molecule has 7 amide bonds. The minimum absolute atomic E-state index is 0.0657. The third-order valence-corrected chi connectivity index (χ3v) is 15.0. The lowest BCUT2D eigenvalue weighted by Gasteiger charge is -2.30. The Labute approximate surface area is 426 Å². The van der Waals surface area contributed by atoms with Crippen LogP contribution in [-0.4, -0.2) is 130 Å². The van der Waals surface area contributed by atoms with Crippen molar-refractivity contribution in [2.75, 3.05) is 36.2 Å². The maximum absolute atomic E-state index is 14.6. The van der Waals surface area contributed by atoms with Gasteiger partial charge in [-0.1, -0.05) is 50.6 Å². The molecule has 0 bridgehead atoms. The molecule has 2 fully saturated rings. The highest BCUT2D eigenvalue weighted by atomic mass is 35.5. The molecule has 3 heterocycles. The number of carbonyl (C=O) groups excluding carboxylic acids is 9. The van der Waals surface area contributed by atoms with Crippen LogP contribution >= 0.6 is 46.5 Å². The van der Waals surface area contributed by atoms with Crippen LogP contribution in [0.15, 0.2) is 46.8 Å². The predicted molar refractivity (Wildman–Crippen MR) is 274 cm³/mol. The average Bonchev–Trinajstić information content (AvgIpc) is 4.03. The summed E-state index contributed by atoms with van der Waals surface area (Å²) >= 11 is 10.2. The fourth-order valence-electron chi connectivity index (χ4n) is 7.89. The van der Waals surface area contributed by atoms with Crippen molar-refractivity contribution in [3.05, 3.63) is 57.2 Å². The molecule has 2 aliphatic heterocycles. The Morgan fingerprint density at radius 1 is 0.900 bits per heavy atom.